The van der Waals surface area contributed by atoms with E-state index in [-0.39, 0.29) is 0 Å². The number of methoxy groups -OCH3 is 1. The van der Waals surface area contributed by atoms with Crippen LogP contribution in [0.15, 0.2) is 42.5 Å². The predicted molar refractivity (Wildman–Crippen MR) is 79.9 cm³/mol. The van der Waals surface area contributed by atoms with E-state index in [9.17, 15) is 0 Å². The Morgan fingerprint density at radius 3 is 2.33 bits per heavy atom. The summed E-state index contributed by atoms with van der Waals surface area (Å²) in [5.74, 6) is 1.99. The highest BCUT2D eigenvalue weighted by Crippen LogP contribution is 2.27. The van der Waals surface area contributed by atoms with Gasteiger partial charge in [-0.1, -0.05) is 18.2 Å². The fraction of sp³-hybridized carbons (Fsp3) is 0.235. The minimum Gasteiger partial charge on any atom is -0.493 e. The van der Waals surface area contributed by atoms with Gasteiger partial charge in [0.1, 0.15) is 19.0 Å². The van der Waals surface area contributed by atoms with Gasteiger partial charge in [-0.15, -0.1) is 0 Å². The summed E-state index contributed by atoms with van der Waals surface area (Å²) in [6.45, 7) is 2.79. The Balaban J connectivity index is 1.92. The topological polar surface area (TPSA) is 51.5 Å². The monoisotopic (exact) mass is 283 g/mol. The first kappa shape index (κ1) is 14.7. The SMILES string of the molecule is COc1ccc(C#N)cc1OCCOc1ccccc1C. The molecule has 4 nitrogen and oxygen atoms in total. The highest BCUT2D eigenvalue weighted by atomic mass is 16.5. The van der Waals surface area contributed by atoms with Gasteiger partial charge >= 0.3 is 0 Å². The van der Waals surface area contributed by atoms with Crippen LogP contribution in [0.3, 0.4) is 0 Å². The van der Waals surface area contributed by atoms with Gasteiger partial charge in [0.25, 0.3) is 0 Å². The van der Waals surface area contributed by atoms with Crippen LogP contribution in [0.4, 0.5) is 0 Å². The lowest BCUT2D eigenvalue weighted by Crippen LogP contribution is -2.10. The molecule has 21 heavy (non-hydrogen) atoms. The van der Waals surface area contributed by atoms with Gasteiger partial charge in [-0.3, -0.25) is 0 Å². The summed E-state index contributed by atoms with van der Waals surface area (Å²) in [7, 11) is 1.57. The second-order valence-electron chi connectivity index (χ2n) is 4.44. The largest absolute Gasteiger partial charge is 0.493 e. The van der Waals surface area contributed by atoms with Crippen molar-refractivity contribution < 1.29 is 14.2 Å². The maximum Gasteiger partial charge on any atom is 0.162 e. The number of aryl methyl sites for hydroxylation is 1. The molecule has 0 bridgehead atoms. The molecule has 0 aliphatic carbocycles. The summed E-state index contributed by atoms with van der Waals surface area (Å²) >= 11 is 0. The summed E-state index contributed by atoms with van der Waals surface area (Å²) in [6, 6.07) is 15.0. The molecule has 0 N–H and O–H groups in total. The summed E-state index contributed by atoms with van der Waals surface area (Å²) < 4.78 is 16.5. The maximum atomic E-state index is 8.91. The Labute approximate surface area is 124 Å². The molecule has 0 aliphatic heterocycles. The van der Waals surface area contributed by atoms with Crippen LogP contribution >= 0.6 is 0 Å². The average Bonchev–Trinajstić information content (AvgIpc) is 2.52. The molecule has 0 atom stereocenters. The first-order chi connectivity index (χ1) is 10.2. The second-order valence-corrected chi connectivity index (χ2v) is 4.44. The molecule has 2 aromatic carbocycles. The molecule has 0 saturated heterocycles. The summed E-state index contributed by atoms with van der Waals surface area (Å²) in [5, 5.41) is 8.91. The number of rotatable bonds is 6. The van der Waals surface area contributed by atoms with E-state index in [1.54, 1.807) is 25.3 Å². The molecule has 0 aromatic heterocycles. The lowest BCUT2D eigenvalue weighted by Gasteiger charge is -2.12. The number of nitriles is 1. The van der Waals surface area contributed by atoms with Crippen molar-refractivity contribution in [3.05, 3.63) is 53.6 Å². The predicted octanol–water partition coefficient (Wildman–Crippen LogP) is 3.33. The minimum absolute atomic E-state index is 0.375. The van der Waals surface area contributed by atoms with Crippen LogP contribution in [0.2, 0.25) is 0 Å². The number of nitrogens with zero attached hydrogens (tertiary/aromatic N) is 1. The third-order valence-electron chi connectivity index (χ3n) is 2.98. The fourth-order valence-corrected chi connectivity index (χ4v) is 1.88. The van der Waals surface area contributed by atoms with Crippen LogP contribution in [0.5, 0.6) is 17.2 Å². The quantitative estimate of drug-likeness (QED) is 0.763. The lowest BCUT2D eigenvalue weighted by molar-refractivity contribution is 0.210. The van der Waals surface area contributed by atoms with Crippen molar-refractivity contribution in [1.82, 2.24) is 0 Å². The van der Waals surface area contributed by atoms with Crippen LogP contribution in [-0.4, -0.2) is 20.3 Å². The van der Waals surface area contributed by atoms with Crippen molar-refractivity contribution in [2.45, 2.75) is 6.92 Å². The van der Waals surface area contributed by atoms with Crippen molar-refractivity contribution in [3.63, 3.8) is 0 Å². The highest BCUT2D eigenvalue weighted by molar-refractivity contribution is 5.46. The van der Waals surface area contributed by atoms with Gasteiger partial charge in [0, 0.05) is 6.07 Å². The second kappa shape index (κ2) is 7.20. The van der Waals surface area contributed by atoms with Gasteiger partial charge in [0.2, 0.25) is 0 Å². The molecule has 0 spiro atoms. The standard InChI is InChI=1S/C17H17NO3/c1-13-5-3-4-6-15(13)20-9-10-21-17-11-14(12-18)7-8-16(17)19-2/h3-8,11H,9-10H2,1-2H3. The lowest BCUT2D eigenvalue weighted by atomic mass is 10.2. The molecular formula is C17H17NO3. The van der Waals surface area contributed by atoms with Gasteiger partial charge in [0.15, 0.2) is 11.5 Å². The van der Waals surface area contributed by atoms with E-state index in [2.05, 4.69) is 6.07 Å². The van der Waals surface area contributed by atoms with Gasteiger partial charge < -0.3 is 14.2 Å². The minimum atomic E-state index is 0.375. The van der Waals surface area contributed by atoms with Crippen molar-refractivity contribution in [2.24, 2.45) is 0 Å². The zero-order valence-corrected chi connectivity index (χ0v) is 12.1. The van der Waals surface area contributed by atoms with Crippen LogP contribution < -0.4 is 14.2 Å². The molecular weight excluding hydrogens is 266 g/mol. The van der Waals surface area contributed by atoms with Gasteiger partial charge in [-0.2, -0.15) is 5.26 Å². The third kappa shape index (κ3) is 3.90. The molecule has 4 heteroatoms. The first-order valence-corrected chi connectivity index (χ1v) is 6.64. The van der Waals surface area contributed by atoms with E-state index in [1.807, 2.05) is 31.2 Å². The molecule has 2 aromatic rings. The van der Waals surface area contributed by atoms with E-state index in [4.69, 9.17) is 19.5 Å². The molecule has 2 rings (SSSR count). The molecule has 108 valence electrons. The zero-order valence-electron chi connectivity index (χ0n) is 12.1. The van der Waals surface area contributed by atoms with Crippen molar-refractivity contribution >= 4 is 0 Å². The molecule has 0 fully saturated rings. The smallest absolute Gasteiger partial charge is 0.162 e. The van der Waals surface area contributed by atoms with E-state index in [1.165, 1.54) is 0 Å². The van der Waals surface area contributed by atoms with Crippen LogP contribution in [0.25, 0.3) is 0 Å². The Morgan fingerprint density at radius 2 is 1.67 bits per heavy atom. The molecule has 0 aliphatic rings. The number of hydrogen-bond donors (Lipinski definition) is 0. The normalized spacial score (nSPS) is 9.76. The van der Waals surface area contributed by atoms with Crippen molar-refractivity contribution in [1.29, 1.82) is 5.26 Å². The highest BCUT2D eigenvalue weighted by Gasteiger charge is 2.06. The molecule has 0 radical (unpaired) electrons. The maximum absolute atomic E-state index is 8.91. The zero-order chi connectivity index (χ0) is 15.1. The third-order valence-corrected chi connectivity index (χ3v) is 2.98. The molecule has 0 amide bonds. The van der Waals surface area contributed by atoms with Gasteiger partial charge in [0.05, 0.1) is 18.7 Å². The Hall–Kier alpha value is -2.67. The molecule has 0 saturated carbocycles. The summed E-state index contributed by atoms with van der Waals surface area (Å²) in [6.07, 6.45) is 0. The van der Waals surface area contributed by atoms with Crippen molar-refractivity contribution in [3.8, 4) is 23.3 Å². The van der Waals surface area contributed by atoms with Crippen molar-refractivity contribution in [2.75, 3.05) is 20.3 Å². The average molecular weight is 283 g/mol. The number of para-hydroxylation sites is 1. The van der Waals surface area contributed by atoms with E-state index < -0.39 is 0 Å². The van der Waals surface area contributed by atoms with Gasteiger partial charge in [-0.25, -0.2) is 0 Å². The first-order valence-electron chi connectivity index (χ1n) is 6.64. The number of hydrogen-bond acceptors (Lipinski definition) is 4. The summed E-state index contributed by atoms with van der Waals surface area (Å²) in [5.41, 5.74) is 1.62. The number of ether oxygens (including phenoxy) is 3. The van der Waals surface area contributed by atoms with E-state index in [0.29, 0.717) is 30.3 Å². The Bertz CT molecular complexity index is 647. The van der Waals surface area contributed by atoms with Crippen LogP contribution in [0.1, 0.15) is 11.1 Å². The summed E-state index contributed by atoms with van der Waals surface area (Å²) in [4.78, 5) is 0. The van der Waals surface area contributed by atoms with E-state index >= 15 is 0 Å². The Morgan fingerprint density at radius 1 is 0.952 bits per heavy atom. The molecule has 0 unspecified atom stereocenters. The van der Waals surface area contributed by atoms with E-state index in [0.717, 1.165) is 11.3 Å². The Kier molecular flexibility index (Phi) is 5.05. The van der Waals surface area contributed by atoms with Crippen LogP contribution in [0, 0.1) is 18.3 Å². The number of benzene rings is 2. The van der Waals surface area contributed by atoms with Gasteiger partial charge in [-0.05, 0) is 30.7 Å². The fourth-order valence-electron chi connectivity index (χ4n) is 1.88. The molecule has 0 heterocycles. The van der Waals surface area contributed by atoms with Crippen LogP contribution in [-0.2, 0) is 0 Å².